The smallest absolute Gasteiger partial charge is 0.407 e. The summed E-state index contributed by atoms with van der Waals surface area (Å²) < 4.78 is 123. The van der Waals surface area contributed by atoms with Gasteiger partial charge in [-0.3, -0.25) is 9.88 Å². The van der Waals surface area contributed by atoms with Crippen molar-refractivity contribution >= 4 is 43.9 Å². The van der Waals surface area contributed by atoms with E-state index in [1.807, 2.05) is 4.90 Å². The number of halogens is 5. The summed E-state index contributed by atoms with van der Waals surface area (Å²) in [6.45, 7) is 2.17. The number of aryl methyl sites for hydroxylation is 1. The molecule has 6 aliphatic heterocycles. The quantitative estimate of drug-likeness (QED) is 0.225. The molecule has 0 radical (unpaired) electrons. The first-order chi connectivity index (χ1) is 28.2. The van der Waals surface area contributed by atoms with Gasteiger partial charge in [-0.1, -0.05) is 6.07 Å². The van der Waals surface area contributed by atoms with Gasteiger partial charge < -0.3 is 23.9 Å². The lowest BCUT2D eigenvalue weighted by atomic mass is 9.90. The monoisotopic (exact) mass is 845 g/mol. The maximum Gasteiger partial charge on any atom is 0.407 e. The Balaban J connectivity index is 1.22. The molecule has 6 aliphatic rings. The molecule has 8 heterocycles. The molecule has 316 valence electrons. The predicted molar refractivity (Wildman–Crippen MR) is 207 cm³/mol. The molecule has 0 unspecified atom stereocenters. The standard InChI is InChI=1S/C40H44F5N7O6S/c1-39-16-25(42)19-50(21-39)36-30-18-46-34(33(45)35(30)47-37(48-36)57-22-40-9-3-10-51(40)20-26(43)17-40)29-15-27(58-59(54,55)52-11-7-24(41)8-12-52)14-23-5-6-31(44)28(32(23)29)4-2-13-56-38(53)49-39/h5-6,14-15,18,24-26H,2-4,7-13,16-17,19-22H2,1H3,(H,49,53)/t25-,26-,39-,40+/m1/s1. The minimum atomic E-state index is -4.45. The molecule has 2 aromatic heterocycles. The Labute approximate surface area is 337 Å². The fourth-order valence-electron chi connectivity index (χ4n) is 9.64. The minimum absolute atomic E-state index is 0.000394. The number of hydrogen-bond acceptors (Lipinski definition) is 11. The Morgan fingerprint density at radius 2 is 1.80 bits per heavy atom. The topological polar surface area (TPSA) is 139 Å². The van der Waals surface area contributed by atoms with Gasteiger partial charge in [-0.15, -0.1) is 0 Å². The fourth-order valence-corrected chi connectivity index (χ4v) is 10.7. The summed E-state index contributed by atoms with van der Waals surface area (Å²) >= 11 is 0. The van der Waals surface area contributed by atoms with Gasteiger partial charge >= 0.3 is 22.4 Å². The molecule has 0 spiro atoms. The van der Waals surface area contributed by atoms with Gasteiger partial charge in [0.2, 0.25) is 0 Å². The number of carbonyl (C=O) groups excluding carboxylic acids is 1. The van der Waals surface area contributed by atoms with Crippen molar-refractivity contribution in [2.24, 2.45) is 0 Å². The van der Waals surface area contributed by atoms with E-state index in [9.17, 15) is 22.0 Å². The van der Waals surface area contributed by atoms with E-state index in [-0.39, 0.29) is 135 Å². The normalized spacial score (nSPS) is 27.2. The van der Waals surface area contributed by atoms with E-state index < -0.39 is 57.6 Å². The third-order valence-corrected chi connectivity index (χ3v) is 13.7. The first kappa shape index (κ1) is 39.8. The van der Waals surface area contributed by atoms with Crippen molar-refractivity contribution in [1.82, 2.24) is 29.5 Å². The van der Waals surface area contributed by atoms with Gasteiger partial charge in [0.1, 0.15) is 53.7 Å². The first-order valence-corrected chi connectivity index (χ1v) is 21.4. The molecule has 0 saturated carbocycles. The summed E-state index contributed by atoms with van der Waals surface area (Å²) in [5, 5.41) is 3.35. The Morgan fingerprint density at radius 1 is 1.00 bits per heavy atom. The Hall–Kier alpha value is -4.62. The SMILES string of the molecule is C[C@@]12C[C@@H](F)CN(C1)c1nc(OC[C@@]34CCCN3C[C@H](F)C4)nc3c(F)c(ncc13)-c1cc(OS(=O)(=O)N3CCC(F)CC3)cc3ccc(F)c(c13)CCCOC(=O)N2. The maximum atomic E-state index is 17.5. The van der Waals surface area contributed by atoms with Crippen LogP contribution in [0.5, 0.6) is 11.8 Å². The van der Waals surface area contributed by atoms with Crippen LogP contribution < -0.4 is 19.1 Å². The van der Waals surface area contributed by atoms with Crippen LogP contribution >= 0.6 is 0 Å². The number of hydrogen-bond donors (Lipinski definition) is 1. The van der Waals surface area contributed by atoms with Crippen LogP contribution in [0.3, 0.4) is 0 Å². The molecule has 2 aromatic carbocycles. The number of aromatic nitrogens is 3. The zero-order chi connectivity index (χ0) is 41.3. The summed E-state index contributed by atoms with van der Waals surface area (Å²) in [6.07, 6.45) is -1.26. The van der Waals surface area contributed by atoms with Crippen molar-refractivity contribution in [2.45, 2.75) is 87.9 Å². The van der Waals surface area contributed by atoms with Crippen molar-refractivity contribution in [1.29, 1.82) is 0 Å². The highest BCUT2D eigenvalue weighted by Gasteiger charge is 2.49. The highest BCUT2D eigenvalue weighted by atomic mass is 32.2. The molecule has 4 saturated heterocycles. The third kappa shape index (κ3) is 7.58. The van der Waals surface area contributed by atoms with E-state index in [1.54, 1.807) is 11.8 Å². The summed E-state index contributed by atoms with van der Waals surface area (Å²) in [5.41, 5.74) is -2.27. The van der Waals surface area contributed by atoms with Crippen LogP contribution in [0.1, 0.15) is 57.4 Å². The number of alkyl carbamates (subject to hydrolysis) is 1. The number of nitrogens with zero attached hydrogens (tertiary/aromatic N) is 6. The number of ether oxygens (including phenoxy) is 2. The fraction of sp³-hybridized carbons (Fsp3) is 0.550. The van der Waals surface area contributed by atoms with E-state index in [0.717, 1.165) is 10.7 Å². The van der Waals surface area contributed by atoms with Crippen LogP contribution in [0, 0.1) is 11.6 Å². The molecule has 4 fully saturated rings. The summed E-state index contributed by atoms with van der Waals surface area (Å²) in [4.78, 5) is 30.4. The zero-order valence-corrected chi connectivity index (χ0v) is 33.2. The van der Waals surface area contributed by atoms with E-state index in [2.05, 4.69) is 20.3 Å². The maximum absolute atomic E-state index is 17.5. The van der Waals surface area contributed by atoms with Gasteiger partial charge in [0.25, 0.3) is 0 Å². The molecule has 13 nitrogen and oxygen atoms in total. The van der Waals surface area contributed by atoms with Crippen LogP contribution in [-0.2, 0) is 21.5 Å². The van der Waals surface area contributed by atoms with E-state index in [4.69, 9.17) is 13.7 Å². The average molecular weight is 846 g/mol. The number of amides is 1. The Morgan fingerprint density at radius 3 is 2.61 bits per heavy atom. The molecular formula is C40H44F5N7O6S. The number of fused-ring (bicyclic) bond motifs is 7. The molecular weight excluding hydrogens is 802 g/mol. The molecule has 10 rings (SSSR count). The second-order valence-corrected chi connectivity index (χ2v) is 18.2. The Bertz CT molecular complexity index is 2430. The van der Waals surface area contributed by atoms with Gasteiger partial charge in [-0.05, 0) is 86.5 Å². The molecule has 1 amide bonds. The Kier molecular flexibility index (Phi) is 10.2. The van der Waals surface area contributed by atoms with E-state index in [1.165, 1.54) is 30.5 Å². The molecule has 4 atom stereocenters. The lowest BCUT2D eigenvalue weighted by Gasteiger charge is -2.42. The molecule has 4 aromatic rings. The molecule has 1 N–H and O–H groups in total. The summed E-state index contributed by atoms with van der Waals surface area (Å²) in [7, 11) is -4.45. The molecule has 0 aliphatic carbocycles. The number of alkyl halides is 3. The summed E-state index contributed by atoms with van der Waals surface area (Å²) in [6, 6.07) is 4.99. The van der Waals surface area contributed by atoms with E-state index >= 15 is 13.2 Å². The largest absolute Gasteiger partial charge is 0.461 e. The lowest BCUT2D eigenvalue weighted by Crippen LogP contribution is -2.60. The van der Waals surface area contributed by atoms with Crippen molar-refractivity contribution < 1.29 is 48.8 Å². The number of benzene rings is 2. The van der Waals surface area contributed by atoms with Crippen LogP contribution in [-0.4, -0.2) is 121 Å². The third-order valence-electron chi connectivity index (χ3n) is 12.3. The van der Waals surface area contributed by atoms with Crippen molar-refractivity contribution in [3.8, 4) is 23.0 Å². The van der Waals surface area contributed by atoms with Crippen molar-refractivity contribution in [3.63, 3.8) is 0 Å². The molecule has 19 heteroatoms. The van der Waals surface area contributed by atoms with Crippen LogP contribution in [0.25, 0.3) is 32.9 Å². The van der Waals surface area contributed by atoms with Gasteiger partial charge in [-0.2, -0.15) is 22.7 Å². The lowest BCUT2D eigenvalue weighted by molar-refractivity contribution is 0.107. The van der Waals surface area contributed by atoms with E-state index in [0.29, 0.717) is 18.4 Å². The number of anilines is 1. The van der Waals surface area contributed by atoms with Gasteiger partial charge in [0, 0.05) is 50.8 Å². The number of pyridine rings is 1. The minimum Gasteiger partial charge on any atom is -0.461 e. The van der Waals surface area contributed by atoms with Gasteiger partial charge in [0.15, 0.2) is 5.82 Å². The second-order valence-electron chi connectivity index (χ2n) is 16.7. The van der Waals surface area contributed by atoms with Gasteiger partial charge in [0.05, 0.1) is 29.6 Å². The van der Waals surface area contributed by atoms with Gasteiger partial charge in [-0.25, -0.2) is 26.7 Å². The summed E-state index contributed by atoms with van der Waals surface area (Å²) in [5.74, 6) is -1.79. The first-order valence-electron chi connectivity index (χ1n) is 20.0. The van der Waals surface area contributed by atoms with Crippen molar-refractivity contribution in [3.05, 3.63) is 47.7 Å². The number of nitrogens with one attached hydrogen (secondary N) is 1. The van der Waals surface area contributed by atoms with Crippen LogP contribution in [0.4, 0.5) is 32.6 Å². The molecule has 6 bridgehead atoms. The predicted octanol–water partition coefficient (Wildman–Crippen LogP) is 6.12. The highest BCUT2D eigenvalue weighted by Crippen LogP contribution is 2.43. The zero-order valence-electron chi connectivity index (χ0n) is 32.4. The second kappa shape index (κ2) is 15.1. The highest BCUT2D eigenvalue weighted by molar-refractivity contribution is 7.84. The van der Waals surface area contributed by atoms with Crippen LogP contribution in [0.15, 0.2) is 30.5 Å². The van der Waals surface area contributed by atoms with Crippen LogP contribution in [0.2, 0.25) is 0 Å². The van der Waals surface area contributed by atoms with Crippen molar-refractivity contribution in [2.75, 3.05) is 57.4 Å². The molecule has 59 heavy (non-hydrogen) atoms. The average Bonchev–Trinajstić information content (AvgIpc) is 3.71. The number of piperidine rings is 2. The number of carbonyl (C=O) groups is 1. The number of rotatable bonds is 6.